The number of nitrogens with one attached hydrogen (secondary N) is 1. The van der Waals surface area contributed by atoms with Crippen molar-refractivity contribution >= 4 is 11.8 Å². The summed E-state index contributed by atoms with van der Waals surface area (Å²) in [5, 5.41) is 3.04. The van der Waals surface area contributed by atoms with E-state index in [9.17, 15) is 9.59 Å². The van der Waals surface area contributed by atoms with Crippen LogP contribution in [0.25, 0.3) is 0 Å². The Hall–Kier alpha value is -2.66. The van der Waals surface area contributed by atoms with Gasteiger partial charge in [0, 0.05) is 38.3 Å². The highest BCUT2D eigenvalue weighted by atomic mass is 16.2. The number of hydrogen-bond acceptors (Lipinski definition) is 3. The lowest BCUT2D eigenvalue weighted by Crippen LogP contribution is -2.40. The lowest BCUT2D eigenvalue weighted by molar-refractivity contribution is -0.122. The molecule has 1 aliphatic rings. The van der Waals surface area contributed by atoms with Gasteiger partial charge in [0.15, 0.2) is 0 Å². The Morgan fingerprint density at radius 2 is 1.61 bits per heavy atom. The first-order chi connectivity index (χ1) is 14.8. The highest BCUT2D eigenvalue weighted by Crippen LogP contribution is 2.22. The van der Waals surface area contributed by atoms with Crippen molar-refractivity contribution in [3.63, 3.8) is 0 Å². The molecule has 1 heterocycles. The number of hydrogen-bond donors (Lipinski definition) is 1. The molecular formula is C26H35N3O2. The Kier molecular flexibility index (Phi) is 7.85. The third kappa shape index (κ3) is 6.93. The topological polar surface area (TPSA) is 52.7 Å². The molecule has 0 radical (unpaired) electrons. The first-order valence-corrected chi connectivity index (χ1v) is 11.3. The highest BCUT2D eigenvalue weighted by Gasteiger charge is 2.21. The van der Waals surface area contributed by atoms with Crippen molar-refractivity contribution in [3.8, 4) is 0 Å². The Morgan fingerprint density at radius 1 is 0.903 bits per heavy atom. The van der Waals surface area contributed by atoms with E-state index < -0.39 is 0 Å². The Morgan fingerprint density at radius 3 is 2.29 bits per heavy atom. The maximum absolute atomic E-state index is 12.7. The van der Waals surface area contributed by atoms with Crippen LogP contribution in [0.1, 0.15) is 48.7 Å². The number of carbonyl (C=O) groups is 2. The van der Waals surface area contributed by atoms with Crippen LogP contribution in [-0.2, 0) is 16.6 Å². The summed E-state index contributed by atoms with van der Waals surface area (Å²) in [6.07, 6.45) is 1.71. The molecule has 1 N–H and O–H groups in total. The summed E-state index contributed by atoms with van der Waals surface area (Å²) in [5.41, 5.74) is 3.44. The van der Waals surface area contributed by atoms with Gasteiger partial charge in [0.1, 0.15) is 0 Å². The van der Waals surface area contributed by atoms with Crippen molar-refractivity contribution in [1.82, 2.24) is 15.1 Å². The molecule has 0 saturated carbocycles. The van der Waals surface area contributed by atoms with Gasteiger partial charge < -0.3 is 10.2 Å². The molecule has 0 aromatic heterocycles. The summed E-state index contributed by atoms with van der Waals surface area (Å²) in [7, 11) is 0. The normalized spacial score (nSPS) is 15.4. The van der Waals surface area contributed by atoms with Gasteiger partial charge in [0.05, 0.1) is 6.54 Å². The van der Waals surface area contributed by atoms with Gasteiger partial charge in [-0.25, -0.2) is 0 Å². The fourth-order valence-electron chi connectivity index (χ4n) is 3.87. The van der Waals surface area contributed by atoms with Crippen molar-refractivity contribution < 1.29 is 9.59 Å². The second kappa shape index (κ2) is 10.6. The molecule has 5 nitrogen and oxygen atoms in total. The largest absolute Gasteiger partial charge is 0.355 e. The third-order valence-corrected chi connectivity index (χ3v) is 5.82. The van der Waals surface area contributed by atoms with Gasteiger partial charge in [-0.3, -0.25) is 14.5 Å². The van der Waals surface area contributed by atoms with Crippen LogP contribution in [0.3, 0.4) is 0 Å². The average molecular weight is 422 g/mol. The molecule has 3 rings (SSSR count). The molecule has 1 saturated heterocycles. The van der Waals surface area contributed by atoms with E-state index in [1.54, 1.807) is 0 Å². The first-order valence-electron chi connectivity index (χ1n) is 11.3. The summed E-state index contributed by atoms with van der Waals surface area (Å²) in [4.78, 5) is 29.1. The molecule has 0 spiro atoms. The lowest BCUT2D eigenvalue weighted by atomic mass is 9.86. The number of carbonyl (C=O) groups excluding carboxylic acids is 2. The van der Waals surface area contributed by atoms with Gasteiger partial charge in [-0.05, 0) is 41.5 Å². The Bertz CT molecular complexity index is 856. The summed E-state index contributed by atoms with van der Waals surface area (Å²) in [6.45, 7) is 10.6. The van der Waals surface area contributed by atoms with Gasteiger partial charge in [-0.1, -0.05) is 63.2 Å². The SMILES string of the molecule is CC(C)(C)c1ccc(CCNC(=O)CN2CCCN(C(=O)c3ccccc3)CC2)cc1. The molecular weight excluding hydrogens is 386 g/mol. The average Bonchev–Trinajstić information content (AvgIpc) is 2.99. The maximum atomic E-state index is 12.7. The summed E-state index contributed by atoms with van der Waals surface area (Å²) in [5.74, 6) is 0.124. The lowest BCUT2D eigenvalue weighted by Gasteiger charge is -2.22. The van der Waals surface area contributed by atoms with Gasteiger partial charge in [-0.2, -0.15) is 0 Å². The minimum atomic E-state index is 0.0501. The minimum absolute atomic E-state index is 0.0501. The second-order valence-corrected chi connectivity index (χ2v) is 9.33. The molecule has 2 aromatic rings. The standard InChI is InChI=1S/C26H35N3O2/c1-26(2,3)23-12-10-21(11-13-23)14-15-27-24(30)20-28-16-7-17-29(19-18-28)25(31)22-8-5-4-6-9-22/h4-6,8-13H,7,14-20H2,1-3H3,(H,27,30). The molecule has 31 heavy (non-hydrogen) atoms. The molecule has 0 unspecified atom stereocenters. The quantitative estimate of drug-likeness (QED) is 0.777. The van der Waals surface area contributed by atoms with E-state index in [1.165, 1.54) is 11.1 Å². The van der Waals surface area contributed by atoms with Crippen LogP contribution in [-0.4, -0.2) is 60.9 Å². The van der Waals surface area contributed by atoms with Crippen LogP contribution in [0, 0.1) is 0 Å². The minimum Gasteiger partial charge on any atom is -0.355 e. The highest BCUT2D eigenvalue weighted by molar-refractivity contribution is 5.94. The number of nitrogens with zero attached hydrogens (tertiary/aromatic N) is 2. The van der Waals surface area contributed by atoms with Crippen molar-refractivity contribution in [1.29, 1.82) is 0 Å². The summed E-state index contributed by atoms with van der Waals surface area (Å²) in [6, 6.07) is 18.1. The van der Waals surface area contributed by atoms with Crippen molar-refractivity contribution in [2.75, 3.05) is 39.3 Å². The van der Waals surface area contributed by atoms with E-state index in [2.05, 4.69) is 55.3 Å². The van der Waals surface area contributed by atoms with Crippen molar-refractivity contribution in [2.45, 2.75) is 39.0 Å². The maximum Gasteiger partial charge on any atom is 0.253 e. The number of benzene rings is 2. The summed E-state index contributed by atoms with van der Waals surface area (Å²) < 4.78 is 0. The van der Waals surface area contributed by atoms with E-state index in [0.29, 0.717) is 19.6 Å². The Labute approximate surface area is 186 Å². The van der Waals surface area contributed by atoms with Crippen molar-refractivity contribution in [2.24, 2.45) is 0 Å². The molecule has 1 fully saturated rings. The first kappa shape index (κ1) is 23.0. The molecule has 2 aromatic carbocycles. The predicted molar refractivity (Wildman–Crippen MR) is 125 cm³/mol. The van der Waals surface area contributed by atoms with Crippen LogP contribution in [0.4, 0.5) is 0 Å². The zero-order valence-corrected chi connectivity index (χ0v) is 19.1. The van der Waals surface area contributed by atoms with E-state index >= 15 is 0 Å². The van der Waals surface area contributed by atoms with Crippen LogP contribution < -0.4 is 5.32 Å². The number of amides is 2. The zero-order valence-electron chi connectivity index (χ0n) is 19.1. The molecule has 1 aliphatic heterocycles. The number of rotatable bonds is 6. The predicted octanol–water partition coefficient (Wildman–Crippen LogP) is 3.49. The molecule has 0 aliphatic carbocycles. The van der Waals surface area contributed by atoms with E-state index in [0.717, 1.165) is 38.0 Å². The molecule has 0 bridgehead atoms. The van der Waals surface area contributed by atoms with Crippen LogP contribution in [0.5, 0.6) is 0 Å². The van der Waals surface area contributed by atoms with E-state index in [-0.39, 0.29) is 17.2 Å². The van der Waals surface area contributed by atoms with Crippen molar-refractivity contribution in [3.05, 3.63) is 71.3 Å². The van der Waals surface area contributed by atoms with E-state index in [1.807, 2.05) is 35.2 Å². The molecule has 2 amide bonds. The van der Waals surface area contributed by atoms with Crippen LogP contribution in [0.2, 0.25) is 0 Å². The third-order valence-electron chi connectivity index (χ3n) is 5.82. The van der Waals surface area contributed by atoms with Gasteiger partial charge in [0.2, 0.25) is 5.91 Å². The molecule has 0 atom stereocenters. The second-order valence-electron chi connectivity index (χ2n) is 9.33. The molecule has 5 heteroatoms. The van der Waals surface area contributed by atoms with Gasteiger partial charge in [-0.15, -0.1) is 0 Å². The van der Waals surface area contributed by atoms with Crippen LogP contribution >= 0.6 is 0 Å². The molecule has 166 valence electrons. The van der Waals surface area contributed by atoms with Crippen LogP contribution in [0.15, 0.2) is 54.6 Å². The van der Waals surface area contributed by atoms with E-state index in [4.69, 9.17) is 0 Å². The fourth-order valence-corrected chi connectivity index (χ4v) is 3.87. The van der Waals surface area contributed by atoms with Gasteiger partial charge >= 0.3 is 0 Å². The van der Waals surface area contributed by atoms with Gasteiger partial charge in [0.25, 0.3) is 5.91 Å². The summed E-state index contributed by atoms with van der Waals surface area (Å²) >= 11 is 0. The monoisotopic (exact) mass is 421 g/mol. The zero-order chi connectivity index (χ0) is 22.3. The smallest absolute Gasteiger partial charge is 0.253 e. The Balaban J connectivity index is 1.40. The fraction of sp³-hybridized carbons (Fsp3) is 0.462.